The summed E-state index contributed by atoms with van der Waals surface area (Å²) in [6.45, 7) is 2.91. The Labute approximate surface area is 125 Å². The molecule has 5 heteroatoms. The number of rotatable bonds is 4. The molecular formula is C16H22N2O3. The Balaban J connectivity index is 1.50. The van der Waals surface area contributed by atoms with E-state index >= 15 is 0 Å². The van der Waals surface area contributed by atoms with Crippen molar-refractivity contribution in [3.8, 4) is 0 Å². The van der Waals surface area contributed by atoms with Gasteiger partial charge in [-0.3, -0.25) is 0 Å². The molecule has 2 aliphatic rings. The molecule has 2 heterocycles. The van der Waals surface area contributed by atoms with E-state index in [1.807, 2.05) is 30.3 Å². The van der Waals surface area contributed by atoms with Crippen molar-refractivity contribution in [2.75, 3.05) is 26.4 Å². The highest BCUT2D eigenvalue weighted by molar-refractivity contribution is 5.74. The summed E-state index contributed by atoms with van der Waals surface area (Å²) in [6, 6.07) is 9.97. The number of carbonyl (C=O) groups is 1. The average molecular weight is 290 g/mol. The summed E-state index contributed by atoms with van der Waals surface area (Å²) in [6.07, 6.45) is 1.82. The van der Waals surface area contributed by atoms with Crippen molar-refractivity contribution in [1.29, 1.82) is 0 Å². The van der Waals surface area contributed by atoms with Gasteiger partial charge in [-0.15, -0.1) is 0 Å². The van der Waals surface area contributed by atoms with E-state index in [-0.39, 0.29) is 18.2 Å². The predicted octanol–water partition coefficient (Wildman–Crippen LogP) is 1.85. The summed E-state index contributed by atoms with van der Waals surface area (Å²) in [7, 11) is 0. The van der Waals surface area contributed by atoms with Gasteiger partial charge in [-0.2, -0.15) is 0 Å². The van der Waals surface area contributed by atoms with E-state index in [1.54, 1.807) is 0 Å². The van der Waals surface area contributed by atoms with Crippen molar-refractivity contribution in [2.24, 2.45) is 5.92 Å². The molecule has 5 nitrogen and oxygen atoms in total. The molecular weight excluding hydrogens is 268 g/mol. The molecule has 0 unspecified atom stereocenters. The van der Waals surface area contributed by atoms with Gasteiger partial charge in [-0.05, 0) is 18.4 Å². The van der Waals surface area contributed by atoms with Gasteiger partial charge in [0.25, 0.3) is 0 Å². The summed E-state index contributed by atoms with van der Waals surface area (Å²) in [5, 5.41) is 5.97. The van der Waals surface area contributed by atoms with Crippen LogP contribution in [0.3, 0.4) is 0 Å². The highest BCUT2D eigenvalue weighted by Crippen LogP contribution is 2.28. The normalized spacial score (nSPS) is 28.5. The first-order valence-corrected chi connectivity index (χ1v) is 7.61. The van der Waals surface area contributed by atoms with E-state index in [4.69, 9.17) is 9.47 Å². The van der Waals surface area contributed by atoms with Gasteiger partial charge in [0.05, 0.1) is 12.6 Å². The minimum Gasteiger partial charge on any atom is -0.381 e. The Hall–Kier alpha value is -1.59. The zero-order valence-corrected chi connectivity index (χ0v) is 12.1. The second kappa shape index (κ2) is 6.91. The highest BCUT2D eigenvalue weighted by Gasteiger charge is 2.30. The highest BCUT2D eigenvalue weighted by atomic mass is 16.5. The van der Waals surface area contributed by atoms with Crippen LogP contribution >= 0.6 is 0 Å². The van der Waals surface area contributed by atoms with Gasteiger partial charge in [0.2, 0.25) is 0 Å². The van der Waals surface area contributed by atoms with E-state index in [0.29, 0.717) is 19.1 Å². The Morgan fingerprint density at radius 1 is 1.19 bits per heavy atom. The van der Waals surface area contributed by atoms with Crippen molar-refractivity contribution < 1.29 is 14.3 Å². The van der Waals surface area contributed by atoms with Crippen molar-refractivity contribution in [3.63, 3.8) is 0 Å². The van der Waals surface area contributed by atoms with Crippen molar-refractivity contribution in [1.82, 2.24) is 10.6 Å². The lowest BCUT2D eigenvalue weighted by molar-refractivity contribution is 0.0999. The van der Waals surface area contributed by atoms with Crippen LogP contribution in [-0.2, 0) is 9.47 Å². The van der Waals surface area contributed by atoms with Gasteiger partial charge in [0.1, 0.15) is 6.10 Å². The van der Waals surface area contributed by atoms with E-state index in [0.717, 1.165) is 31.6 Å². The lowest BCUT2D eigenvalue weighted by Gasteiger charge is -2.21. The fourth-order valence-corrected chi connectivity index (χ4v) is 2.91. The number of hydrogen-bond donors (Lipinski definition) is 2. The number of carbonyl (C=O) groups excluding carboxylic acids is 1. The molecule has 2 amide bonds. The standard InChI is InChI=1S/C16H22N2O3/c19-16(17-10-12-6-8-20-11-12)18-14-7-9-21-15(14)13-4-2-1-3-5-13/h1-5,12,14-15H,6-11H2,(H2,17,18,19)/t12-,14-,15+/m0/s1. The lowest BCUT2D eigenvalue weighted by Crippen LogP contribution is -2.44. The summed E-state index contributed by atoms with van der Waals surface area (Å²) in [5.41, 5.74) is 1.12. The van der Waals surface area contributed by atoms with Gasteiger partial charge < -0.3 is 20.1 Å². The quantitative estimate of drug-likeness (QED) is 0.889. The molecule has 2 saturated heterocycles. The molecule has 0 spiro atoms. The van der Waals surface area contributed by atoms with Crippen LogP contribution in [0.1, 0.15) is 24.5 Å². The number of nitrogens with one attached hydrogen (secondary N) is 2. The molecule has 2 aliphatic heterocycles. The third-order valence-corrected chi connectivity index (χ3v) is 4.11. The minimum absolute atomic E-state index is 0.0345. The van der Waals surface area contributed by atoms with Gasteiger partial charge in [0.15, 0.2) is 0 Å². The summed E-state index contributed by atoms with van der Waals surface area (Å²) in [5.74, 6) is 0.445. The fraction of sp³-hybridized carbons (Fsp3) is 0.562. The Morgan fingerprint density at radius 3 is 2.81 bits per heavy atom. The van der Waals surface area contributed by atoms with Crippen molar-refractivity contribution >= 4 is 6.03 Å². The van der Waals surface area contributed by atoms with Gasteiger partial charge in [-0.25, -0.2) is 4.79 Å². The molecule has 0 radical (unpaired) electrons. The molecule has 2 fully saturated rings. The maximum Gasteiger partial charge on any atom is 0.315 e. The molecule has 3 atom stereocenters. The third-order valence-electron chi connectivity index (χ3n) is 4.11. The zero-order valence-electron chi connectivity index (χ0n) is 12.1. The number of benzene rings is 1. The minimum atomic E-state index is -0.113. The molecule has 0 aliphatic carbocycles. The van der Waals surface area contributed by atoms with Gasteiger partial charge >= 0.3 is 6.03 Å². The van der Waals surface area contributed by atoms with Gasteiger partial charge in [-0.1, -0.05) is 30.3 Å². The smallest absolute Gasteiger partial charge is 0.315 e. The van der Waals surface area contributed by atoms with E-state index in [9.17, 15) is 4.79 Å². The van der Waals surface area contributed by atoms with Crippen LogP contribution in [0.2, 0.25) is 0 Å². The van der Waals surface area contributed by atoms with E-state index < -0.39 is 0 Å². The lowest BCUT2D eigenvalue weighted by atomic mass is 10.0. The van der Waals surface area contributed by atoms with E-state index in [2.05, 4.69) is 10.6 Å². The van der Waals surface area contributed by atoms with Crippen LogP contribution in [0, 0.1) is 5.92 Å². The molecule has 0 bridgehead atoms. The number of hydrogen-bond acceptors (Lipinski definition) is 3. The molecule has 0 aromatic heterocycles. The first kappa shape index (κ1) is 14.4. The van der Waals surface area contributed by atoms with Crippen LogP contribution in [-0.4, -0.2) is 38.4 Å². The molecule has 0 saturated carbocycles. The van der Waals surface area contributed by atoms with Crippen LogP contribution in [0.15, 0.2) is 30.3 Å². The molecule has 2 N–H and O–H groups in total. The summed E-state index contributed by atoms with van der Waals surface area (Å²) in [4.78, 5) is 12.0. The van der Waals surface area contributed by atoms with E-state index in [1.165, 1.54) is 0 Å². The fourth-order valence-electron chi connectivity index (χ4n) is 2.91. The Morgan fingerprint density at radius 2 is 2.05 bits per heavy atom. The molecule has 3 rings (SSSR count). The monoisotopic (exact) mass is 290 g/mol. The summed E-state index contributed by atoms with van der Waals surface area (Å²) >= 11 is 0. The number of amides is 2. The average Bonchev–Trinajstić information content (AvgIpc) is 3.17. The largest absolute Gasteiger partial charge is 0.381 e. The summed E-state index contributed by atoms with van der Waals surface area (Å²) < 4.78 is 11.1. The Bertz CT molecular complexity index is 460. The topological polar surface area (TPSA) is 59.6 Å². The van der Waals surface area contributed by atoms with Crippen molar-refractivity contribution in [2.45, 2.75) is 25.0 Å². The number of ether oxygens (including phenoxy) is 2. The second-order valence-electron chi connectivity index (χ2n) is 5.68. The van der Waals surface area contributed by atoms with Crippen LogP contribution in [0.5, 0.6) is 0 Å². The maximum absolute atomic E-state index is 12.0. The SMILES string of the molecule is O=C(NC[C@@H]1CCOC1)N[C@H]1CCO[C@@H]1c1ccccc1. The first-order chi connectivity index (χ1) is 10.3. The van der Waals surface area contributed by atoms with Crippen LogP contribution in [0.25, 0.3) is 0 Å². The van der Waals surface area contributed by atoms with Gasteiger partial charge in [0, 0.05) is 25.7 Å². The second-order valence-corrected chi connectivity index (χ2v) is 5.68. The Kier molecular flexibility index (Phi) is 4.72. The van der Waals surface area contributed by atoms with Crippen LogP contribution < -0.4 is 10.6 Å². The predicted molar refractivity (Wildman–Crippen MR) is 79.0 cm³/mol. The molecule has 1 aromatic rings. The maximum atomic E-state index is 12.0. The first-order valence-electron chi connectivity index (χ1n) is 7.61. The molecule has 114 valence electrons. The zero-order chi connectivity index (χ0) is 14.5. The van der Waals surface area contributed by atoms with Crippen LogP contribution in [0.4, 0.5) is 4.79 Å². The molecule has 1 aromatic carbocycles. The molecule has 21 heavy (non-hydrogen) atoms. The third kappa shape index (κ3) is 3.74. The van der Waals surface area contributed by atoms with Crippen molar-refractivity contribution in [3.05, 3.63) is 35.9 Å². The number of urea groups is 1.